The SMILES string of the molecule is CC(C)(C)[C@H](NC(=O)N[C@H](CN1C(=O)c2cc[n+]([O-])cc2C1=O)C(C)(C)C)C(=O)N1C[C@H]2[C@@H]([C@H]1C(=O)NC(CC1CCC1)C(=O)C(N)=O)C2(C)C. The molecular formula is C36H51N7O8. The molecule has 278 valence electrons. The molecule has 0 radical (unpaired) electrons. The van der Waals surface area contributed by atoms with Gasteiger partial charge in [-0.2, -0.15) is 4.73 Å². The molecular weight excluding hydrogens is 658 g/mol. The number of urea groups is 1. The van der Waals surface area contributed by atoms with E-state index in [1.807, 2.05) is 34.6 Å². The zero-order valence-electron chi connectivity index (χ0n) is 30.7. The van der Waals surface area contributed by atoms with Crippen LogP contribution in [0.3, 0.4) is 0 Å². The van der Waals surface area contributed by atoms with Crippen molar-refractivity contribution in [3.63, 3.8) is 0 Å². The molecule has 3 heterocycles. The van der Waals surface area contributed by atoms with E-state index in [4.69, 9.17) is 5.73 Å². The van der Waals surface area contributed by atoms with Crippen molar-refractivity contribution in [3.05, 3.63) is 34.8 Å². The minimum absolute atomic E-state index is 0.0181. The average Bonchev–Trinajstić information content (AvgIpc) is 3.26. The number of fused-ring (bicyclic) bond motifs is 2. The highest BCUT2D eigenvalue weighted by atomic mass is 16.5. The molecule has 7 amide bonds. The van der Waals surface area contributed by atoms with Crippen molar-refractivity contribution in [2.75, 3.05) is 13.1 Å². The number of carbonyl (C=O) groups is 7. The number of hydrogen-bond acceptors (Lipinski definition) is 8. The van der Waals surface area contributed by atoms with Crippen LogP contribution in [0.4, 0.5) is 4.79 Å². The van der Waals surface area contributed by atoms with Crippen molar-refractivity contribution >= 4 is 41.4 Å². The number of pyridine rings is 1. The summed E-state index contributed by atoms with van der Waals surface area (Å²) in [6.07, 6.45) is 5.27. The first kappa shape index (κ1) is 37.7. The van der Waals surface area contributed by atoms with Crippen LogP contribution in [0.5, 0.6) is 0 Å². The largest absolute Gasteiger partial charge is 0.619 e. The highest BCUT2D eigenvalue weighted by Crippen LogP contribution is 2.65. The molecule has 15 heteroatoms. The summed E-state index contributed by atoms with van der Waals surface area (Å²) in [6, 6.07) is -3.30. The maximum absolute atomic E-state index is 14.4. The van der Waals surface area contributed by atoms with E-state index in [1.165, 1.54) is 11.0 Å². The van der Waals surface area contributed by atoms with Crippen molar-refractivity contribution in [3.8, 4) is 0 Å². The summed E-state index contributed by atoms with van der Waals surface area (Å²) >= 11 is 0. The van der Waals surface area contributed by atoms with Gasteiger partial charge in [0.15, 0.2) is 12.4 Å². The molecule has 6 atom stereocenters. The molecule has 15 nitrogen and oxygen atoms in total. The van der Waals surface area contributed by atoms with Crippen LogP contribution in [-0.2, 0) is 19.2 Å². The first-order valence-electron chi connectivity index (χ1n) is 17.6. The number of carbonyl (C=O) groups excluding carboxylic acids is 7. The molecule has 4 aliphatic rings. The number of likely N-dealkylation sites (tertiary alicyclic amines) is 1. The van der Waals surface area contributed by atoms with Gasteiger partial charge in [-0.25, -0.2) is 4.79 Å². The van der Waals surface area contributed by atoms with Gasteiger partial charge < -0.3 is 31.8 Å². The Balaban J connectivity index is 1.33. The fourth-order valence-electron chi connectivity index (χ4n) is 7.78. The van der Waals surface area contributed by atoms with Crippen molar-refractivity contribution < 1.29 is 38.3 Å². The smallest absolute Gasteiger partial charge is 0.315 e. The molecule has 2 aliphatic carbocycles. The second-order valence-corrected chi connectivity index (χ2v) is 17.4. The van der Waals surface area contributed by atoms with Crippen LogP contribution < -0.4 is 26.4 Å². The summed E-state index contributed by atoms with van der Waals surface area (Å²) in [5.74, 6) is -4.21. The van der Waals surface area contributed by atoms with E-state index >= 15 is 0 Å². The summed E-state index contributed by atoms with van der Waals surface area (Å²) in [6.45, 7) is 15.0. The molecule has 3 fully saturated rings. The molecule has 1 unspecified atom stereocenters. The summed E-state index contributed by atoms with van der Waals surface area (Å²) in [5.41, 5.74) is 3.70. The number of imide groups is 1. The zero-order chi connectivity index (χ0) is 38.0. The second-order valence-electron chi connectivity index (χ2n) is 17.4. The van der Waals surface area contributed by atoms with Crippen LogP contribution in [-0.4, -0.2) is 88.4 Å². The Morgan fingerprint density at radius 2 is 1.61 bits per heavy atom. The van der Waals surface area contributed by atoms with E-state index in [-0.39, 0.29) is 47.4 Å². The molecule has 2 saturated carbocycles. The van der Waals surface area contributed by atoms with Gasteiger partial charge in [-0.1, -0.05) is 74.7 Å². The zero-order valence-corrected chi connectivity index (χ0v) is 30.7. The predicted octanol–water partition coefficient (Wildman–Crippen LogP) is 1.26. The minimum atomic E-state index is -1.13. The van der Waals surface area contributed by atoms with Gasteiger partial charge in [0, 0.05) is 12.6 Å². The van der Waals surface area contributed by atoms with Gasteiger partial charge in [0.2, 0.25) is 17.6 Å². The number of amides is 7. The fraction of sp³-hybridized carbons (Fsp3) is 0.667. The van der Waals surface area contributed by atoms with Crippen LogP contribution in [0.15, 0.2) is 18.5 Å². The summed E-state index contributed by atoms with van der Waals surface area (Å²) in [5, 5.41) is 20.2. The molecule has 1 saturated heterocycles. The maximum atomic E-state index is 14.4. The molecule has 0 aromatic carbocycles. The predicted molar refractivity (Wildman–Crippen MR) is 183 cm³/mol. The minimum Gasteiger partial charge on any atom is -0.619 e. The standard InChI is InChI=1S/C36H51N7O8/c1-34(2,3)23(17-43-30(47)19-12-13-41(51)15-20(19)31(43)48)39-33(50)40-27(35(4,5)6)32(49)42-16-21-24(36(21,7)8)25(42)29(46)38-22(26(44)28(37)45)14-18-10-9-11-18/h12-13,15,18,21-25,27H,9-11,14,16-17H2,1-8H3,(H2,37,45)(H,38,46)(H2,39,40,50)/t21-,22?,23+,24-,25-,27+/m0/s1. The normalized spacial score (nSPS) is 24.1. The Labute approximate surface area is 298 Å². The highest BCUT2D eigenvalue weighted by Gasteiger charge is 2.70. The van der Waals surface area contributed by atoms with E-state index in [0.717, 1.165) is 36.6 Å². The Hall–Kier alpha value is -4.56. The third kappa shape index (κ3) is 7.29. The highest BCUT2D eigenvalue weighted by molar-refractivity contribution is 6.37. The van der Waals surface area contributed by atoms with Crippen molar-refractivity contribution in [2.24, 2.45) is 39.7 Å². The first-order chi connectivity index (χ1) is 23.5. The summed E-state index contributed by atoms with van der Waals surface area (Å²) in [7, 11) is 0. The van der Waals surface area contributed by atoms with E-state index in [9.17, 15) is 38.8 Å². The molecule has 5 N–H and O–H groups in total. The van der Waals surface area contributed by atoms with Gasteiger partial charge in [-0.05, 0) is 40.4 Å². The summed E-state index contributed by atoms with van der Waals surface area (Å²) < 4.78 is 0.442. The van der Waals surface area contributed by atoms with Gasteiger partial charge in [0.1, 0.15) is 17.6 Å². The molecule has 5 rings (SSSR count). The molecule has 1 aromatic heterocycles. The van der Waals surface area contributed by atoms with Gasteiger partial charge in [0.05, 0.1) is 24.2 Å². The lowest BCUT2D eigenvalue weighted by molar-refractivity contribution is -0.605. The van der Waals surface area contributed by atoms with Crippen LogP contribution in [0.2, 0.25) is 0 Å². The number of ketones is 1. The lowest BCUT2D eigenvalue weighted by Gasteiger charge is -2.39. The number of primary amides is 1. The van der Waals surface area contributed by atoms with Crippen LogP contribution in [0, 0.1) is 39.2 Å². The number of nitrogens with zero attached hydrogens (tertiary/aromatic N) is 3. The average molecular weight is 710 g/mol. The number of Topliss-reactive ketones (excluding diaryl/α,β-unsaturated/α-hetero) is 1. The quantitative estimate of drug-likeness (QED) is 0.113. The van der Waals surface area contributed by atoms with E-state index < -0.39 is 76.3 Å². The third-order valence-corrected chi connectivity index (χ3v) is 11.4. The number of nitrogens with two attached hydrogens (primary N) is 1. The number of hydrogen-bond donors (Lipinski definition) is 4. The monoisotopic (exact) mass is 709 g/mol. The second kappa shape index (κ2) is 13.2. The first-order valence-corrected chi connectivity index (χ1v) is 17.6. The fourth-order valence-corrected chi connectivity index (χ4v) is 7.78. The topological polar surface area (TPSA) is 215 Å². The Morgan fingerprint density at radius 3 is 2.16 bits per heavy atom. The van der Waals surface area contributed by atoms with E-state index in [1.54, 1.807) is 20.8 Å². The number of aromatic nitrogens is 1. The molecule has 1 aromatic rings. The maximum Gasteiger partial charge on any atom is 0.315 e. The van der Waals surface area contributed by atoms with Gasteiger partial charge in [-0.3, -0.25) is 33.7 Å². The van der Waals surface area contributed by atoms with E-state index in [2.05, 4.69) is 16.0 Å². The summed E-state index contributed by atoms with van der Waals surface area (Å²) in [4.78, 5) is 95.5. The lowest BCUT2D eigenvalue weighted by atomic mass is 9.80. The Bertz CT molecular complexity index is 1660. The van der Waals surface area contributed by atoms with Gasteiger partial charge in [0.25, 0.3) is 17.7 Å². The van der Waals surface area contributed by atoms with Crippen molar-refractivity contribution in [1.82, 2.24) is 25.8 Å². The van der Waals surface area contributed by atoms with Crippen LogP contribution in [0.1, 0.15) is 102 Å². The number of piperidine rings is 1. The molecule has 2 aliphatic heterocycles. The van der Waals surface area contributed by atoms with E-state index in [0.29, 0.717) is 11.2 Å². The molecule has 51 heavy (non-hydrogen) atoms. The Morgan fingerprint density at radius 1 is 0.980 bits per heavy atom. The lowest BCUT2D eigenvalue weighted by Crippen LogP contribution is -2.63. The molecule has 0 spiro atoms. The van der Waals surface area contributed by atoms with Crippen LogP contribution >= 0.6 is 0 Å². The van der Waals surface area contributed by atoms with Gasteiger partial charge in [-0.15, -0.1) is 0 Å². The molecule has 0 bridgehead atoms. The van der Waals surface area contributed by atoms with Crippen LogP contribution in [0.25, 0.3) is 0 Å². The Kier molecular flexibility index (Phi) is 9.76. The van der Waals surface area contributed by atoms with Crippen molar-refractivity contribution in [1.29, 1.82) is 0 Å². The third-order valence-electron chi connectivity index (χ3n) is 11.4. The van der Waals surface area contributed by atoms with Crippen molar-refractivity contribution in [2.45, 2.75) is 105 Å². The number of nitrogens with one attached hydrogen (secondary N) is 3. The van der Waals surface area contributed by atoms with Gasteiger partial charge >= 0.3 is 6.03 Å². The number of rotatable bonds is 11.